The Morgan fingerprint density at radius 3 is 2.83 bits per heavy atom. The van der Waals surface area contributed by atoms with Gasteiger partial charge in [-0.2, -0.15) is 0 Å². The quantitative estimate of drug-likeness (QED) is 0.663. The van der Waals surface area contributed by atoms with E-state index in [1.165, 1.54) is 12.1 Å². The molecule has 0 saturated carbocycles. The molecule has 3 unspecified atom stereocenters. The zero-order valence-corrected chi connectivity index (χ0v) is 9.64. The van der Waals surface area contributed by atoms with Crippen molar-refractivity contribution < 1.29 is 14.1 Å². The van der Waals surface area contributed by atoms with E-state index in [0.29, 0.717) is 5.69 Å². The lowest BCUT2D eigenvalue weighted by atomic mass is 9.95. The first-order valence-corrected chi connectivity index (χ1v) is 5.99. The molecule has 0 aliphatic carbocycles. The smallest absolute Gasteiger partial charge is 0.272 e. The van der Waals surface area contributed by atoms with Crippen LogP contribution in [0.25, 0.3) is 0 Å². The molecule has 0 amide bonds. The standard InChI is InChI=1S/C12H13FN2O3/c13-9-5-7(15(16)17)1-3-10(9)14-11-6-8-2-4-12(11)18-8/h1,3,5,8,11-12,14H,2,4,6H2. The predicted octanol–water partition coefficient (Wildman–Crippen LogP) is 2.47. The van der Waals surface area contributed by atoms with E-state index in [4.69, 9.17) is 4.74 Å². The molecule has 2 heterocycles. The second kappa shape index (κ2) is 4.20. The molecule has 2 saturated heterocycles. The number of hydrogen-bond acceptors (Lipinski definition) is 4. The maximum absolute atomic E-state index is 13.7. The number of rotatable bonds is 3. The Bertz CT molecular complexity index is 494. The Kier molecular flexibility index (Phi) is 2.66. The molecule has 3 rings (SSSR count). The normalized spacial score (nSPS) is 29.5. The number of nitro benzene ring substituents is 1. The van der Waals surface area contributed by atoms with Crippen molar-refractivity contribution in [3.05, 3.63) is 34.1 Å². The molecule has 5 nitrogen and oxygen atoms in total. The topological polar surface area (TPSA) is 64.4 Å². The van der Waals surface area contributed by atoms with E-state index < -0.39 is 10.7 Å². The lowest BCUT2D eigenvalue weighted by Gasteiger charge is -2.21. The minimum atomic E-state index is -0.604. The van der Waals surface area contributed by atoms with Gasteiger partial charge in [0.05, 0.1) is 34.9 Å². The number of nitrogens with one attached hydrogen (secondary N) is 1. The third kappa shape index (κ3) is 1.92. The van der Waals surface area contributed by atoms with Crippen LogP contribution in [0.2, 0.25) is 0 Å². The second-order valence-electron chi connectivity index (χ2n) is 4.78. The highest BCUT2D eigenvalue weighted by atomic mass is 19.1. The molecule has 18 heavy (non-hydrogen) atoms. The molecule has 0 aromatic heterocycles. The van der Waals surface area contributed by atoms with E-state index in [2.05, 4.69) is 5.32 Å². The average molecular weight is 252 g/mol. The number of nitro groups is 1. The molecule has 0 radical (unpaired) electrons. The van der Waals surface area contributed by atoms with E-state index in [0.717, 1.165) is 25.3 Å². The summed E-state index contributed by atoms with van der Waals surface area (Å²) in [5.41, 5.74) is 0.0731. The fourth-order valence-corrected chi connectivity index (χ4v) is 2.72. The van der Waals surface area contributed by atoms with Crippen molar-refractivity contribution in [2.75, 3.05) is 5.32 Å². The number of halogens is 1. The van der Waals surface area contributed by atoms with Gasteiger partial charge in [-0.3, -0.25) is 10.1 Å². The van der Waals surface area contributed by atoms with Crippen molar-refractivity contribution in [1.82, 2.24) is 0 Å². The van der Waals surface area contributed by atoms with Crippen molar-refractivity contribution in [2.24, 2.45) is 0 Å². The molecule has 1 aromatic carbocycles. The molecule has 1 N–H and O–H groups in total. The fourth-order valence-electron chi connectivity index (χ4n) is 2.72. The van der Waals surface area contributed by atoms with Crippen molar-refractivity contribution in [3.8, 4) is 0 Å². The van der Waals surface area contributed by atoms with Gasteiger partial charge < -0.3 is 10.1 Å². The fraction of sp³-hybridized carbons (Fsp3) is 0.500. The first-order valence-electron chi connectivity index (χ1n) is 5.99. The molecule has 2 bridgehead atoms. The Labute approximate surface area is 103 Å². The SMILES string of the molecule is O=[N+]([O-])c1ccc(NC2CC3CCC2O3)c(F)c1. The van der Waals surface area contributed by atoms with Crippen LogP contribution in [-0.4, -0.2) is 23.2 Å². The van der Waals surface area contributed by atoms with Crippen molar-refractivity contribution >= 4 is 11.4 Å². The number of hydrogen-bond donors (Lipinski definition) is 1. The minimum Gasteiger partial charge on any atom is -0.377 e. The minimum absolute atomic E-state index is 0.111. The summed E-state index contributed by atoms with van der Waals surface area (Å²) in [6.45, 7) is 0. The van der Waals surface area contributed by atoms with Crippen LogP contribution in [-0.2, 0) is 4.74 Å². The van der Waals surface area contributed by atoms with Crippen LogP contribution in [0.3, 0.4) is 0 Å². The molecule has 2 aliphatic heterocycles. The summed E-state index contributed by atoms with van der Waals surface area (Å²) < 4.78 is 19.4. The summed E-state index contributed by atoms with van der Waals surface area (Å²) in [6.07, 6.45) is 3.38. The number of nitrogens with zero attached hydrogens (tertiary/aromatic N) is 1. The first-order chi connectivity index (χ1) is 8.63. The van der Waals surface area contributed by atoms with Gasteiger partial charge in [0.15, 0.2) is 5.82 Å². The lowest BCUT2D eigenvalue weighted by Crippen LogP contribution is -2.30. The van der Waals surface area contributed by atoms with Crippen LogP contribution in [0, 0.1) is 15.9 Å². The number of benzene rings is 1. The number of ether oxygens (including phenoxy) is 1. The first kappa shape index (κ1) is 11.4. The molecule has 6 heteroatoms. The monoisotopic (exact) mass is 252 g/mol. The van der Waals surface area contributed by atoms with E-state index >= 15 is 0 Å². The van der Waals surface area contributed by atoms with Gasteiger partial charge in [-0.15, -0.1) is 0 Å². The van der Waals surface area contributed by atoms with Gasteiger partial charge in [0.2, 0.25) is 0 Å². The van der Waals surface area contributed by atoms with Gasteiger partial charge in [-0.05, 0) is 25.3 Å². The maximum Gasteiger partial charge on any atom is 0.272 e. The van der Waals surface area contributed by atoms with Crippen molar-refractivity contribution in [3.63, 3.8) is 0 Å². The molecule has 2 aliphatic rings. The molecule has 2 fully saturated rings. The van der Waals surface area contributed by atoms with Crippen molar-refractivity contribution in [1.29, 1.82) is 0 Å². The van der Waals surface area contributed by atoms with Crippen LogP contribution in [0.4, 0.5) is 15.8 Å². The second-order valence-corrected chi connectivity index (χ2v) is 4.78. The van der Waals surface area contributed by atoms with E-state index in [1.54, 1.807) is 0 Å². The van der Waals surface area contributed by atoms with Crippen LogP contribution in [0.1, 0.15) is 19.3 Å². The maximum atomic E-state index is 13.7. The third-order valence-electron chi connectivity index (χ3n) is 3.61. The van der Waals surface area contributed by atoms with Crippen LogP contribution in [0.5, 0.6) is 0 Å². The highest BCUT2D eigenvalue weighted by Gasteiger charge is 2.40. The van der Waals surface area contributed by atoms with E-state index in [1.807, 2.05) is 0 Å². The number of non-ortho nitro benzene ring substituents is 1. The number of anilines is 1. The average Bonchev–Trinajstić information content (AvgIpc) is 2.93. The van der Waals surface area contributed by atoms with Crippen LogP contribution in [0.15, 0.2) is 18.2 Å². The van der Waals surface area contributed by atoms with Gasteiger partial charge in [-0.25, -0.2) is 4.39 Å². The molecular formula is C12H13FN2O3. The molecule has 96 valence electrons. The zero-order valence-electron chi connectivity index (χ0n) is 9.64. The zero-order chi connectivity index (χ0) is 12.7. The van der Waals surface area contributed by atoms with Crippen molar-refractivity contribution in [2.45, 2.75) is 37.5 Å². The Morgan fingerprint density at radius 1 is 1.44 bits per heavy atom. The van der Waals surface area contributed by atoms with Gasteiger partial charge in [0.25, 0.3) is 5.69 Å². The van der Waals surface area contributed by atoms with Gasteiger partial charge in [-0.1, -0.05) is 0 Å². The Morgan fingerprint density at radius 2 is 2.28 bits per heavy atom. The summed E-state index contributed by atoms with van der Waals surface area (Å²) in [7, 11) is 0. The lowest BCUT2D eigenvalue weighted by molar-refractivity contribution is -0.385. The van der Waals surface area contributed by atoms with E-state index in [-0.39, 0.29) is 23.9 Å². The Hall–Kier alpha value is -1.69. The van der Waals surface area contributed by atoms with Crippen LogP contribution < -0.4 is 5.32 Å². The molecule has 0 spiro atoms. The summed E-state index contributed by atoms with van der Waals surface area (Å²) in [5, 5.41) is 13.6. The molecule has 3 atom stereocenters. The summed E-state index contributed by atoms with van der Waals surface area (Å²) in [4.78, 5) is 9.91. The summed E-state index contributed by atoms with van der Waals surface area (Å²) in [5.74, 6) is -0.591. The highest BCUT2D eigenvalue weighted by molar-refractivity contribution is 5.51. The van der Waals surface area contributed by atoms with Gasteiger partial charge in [0, 0.05) is 6.07 Å². The highest BCUT2D eigenvalue weighted by Crippen LogP contribution is 2.36. The van der Waals surface area contributed by atoms with Gasteiger partial charge >= 0.3 is 0 Å². The molecular weight excluding hydrogens is 239 g/mol. The third-order valence-corrected chi connectivity index (χ3v) is 3.61. The number of fused-ring (bicyclic) bond motifs is 2. The predicted molar refractivity (Wildman–Crippen MR) is 63.0 cm³/mol. The van der Waals surface area contributed by atoms with Crippen LogP contribution >= 0.6 is 0 Å². The van der Waals surface area contributed by atoms with Gasteiger partial charge in [0.1, 0.15) is 0 Å². The largest absolute Gasteiger partial charge is 0.377 e. The Balaban J connectivity index is 1.75. The molecule has 1 aromatic rings. The summed E-state index contributed by atoms with van der Waals surface area (Å²) in [6, 6.07) is 3.77. The van der Waals surface area contributed by atoms with E-state index in [9.17, 15) is 14.5 Å². The summed E-state index contributed by atoms with van der Waals surface area (Å²) >= 11 is 0.